The van der Waals surface area contributed by atoms with Crippen LogP contribution in [0.5, 0.6) is 0 Å². The number of anilines is 2. The van der Waals surface area contributed by atoms with Gasteiger partial charge in [0.2, 0.25) is 0 Å². The number of thiazole rings is 1. The third kappa shape index (κ3) is 2.86. The van der Waals surface area contributed by atoms with Gasteiger partial charge in [0, 0.05) is 12.7 Å². The third-order valence-electron chi connectivity index (χ3n) is 3.41. The number of benzene rings is 1. The molecule has 0 unspecified atom stereocenters. The number of aliphatic hydroxyl groups excluding tert-OH is 1. The Morgan fingerprint density at radius 2 is 2.00 bits per heavy atom. The van der Waals surface area contributed by atoms with Crippen LogP contribution in [0.4, 0.5) is 10.8 Å². The lowest BCUT2D eigenvalue weighted by Gasteiger charge is -2.18. The number of nitrogens with zero attached hydrogens (tertiary/aromatic N) is 2. The molecule has 3 nitrogen and oxygen atoms in total. The monoisotopic (exact) mass is 290 g/mol. The van der Waals surface area contributed by atoms with Crippen LogP contribution in [-0.4, -0.2) is 17.1 Å². The third-order valence-corrected chi connectivity index (χ3v) is 4.54. The van der Waals surface area contributed by atoms with Crippen LogP contribution in [0.25, 0.3) is 0 Å². The van der Waals surface area contributed by atoms with Crippen molar-refractivity contribution in [3.8, 4) is 0 Å². The largest absolute Gasteiger partial charge is 0.391 e. The summed E-state index contributed by atoms with van der Waals surface area (Å²) in [6, 6.07) is 6.41. The average molecular weight is 290 g/mol. The van der Waals surface area contributed by atoms with Crippen LogP contribution in [0.15, 0.2) is 18.2 Å². The van der Waals surface area contributed by atoms with Crippen molar-refractivity contribution in [1.29, 1.82) is 0 Å². The smallest absolute Gasteiger partial charge is 0.190 e. The molecule has 1 heterocycles. The summed E-state index contributed by atoms with van der Waals surface area (Å²) in [7, 11) is 2.03. The van der Waals surface area contributed by atoms with E-state index in [2.05, 4.69) is 50.8 Å². The zero-order valence-electron chi connectivity index (χ0n) is 12.8. The van der Waals surface area contributed by atoms with Crippen LogP contribution in [0.2, 0.25) is 0 Å². The summed E-state index contributed by atoms with van der Waals surface area (Å²) < 4.78 is 0. The molecule has 4 heteroatoms. The Hall–Kier alpha value is -1.39. The fourth-order valence-corrected chi connectivity index (χ4v) is 3.39. The summed E-state index contributed by atoms with van der Waals surface area (Å²) in [6.45, 7) is 8.49. The molecular weight excluding hydrogens is 268 g/mol. The van der Waals surface area contributed by atoms with Crippen LogP contribution in [-0.2, 0) is 6.61 Å². The average Bonchev–Trinajstić information content (AvgIpc) is 2.82. The zero-order valence-corrected chi connectivity index (χ0v) is 13.6. The summed E-state index contributed by atoms with van der Waals surface area (Å²) in [4.78, 5) is 7.77. The lowest BCUT2D eigenvalue weighted by Crippen LogP contribution is -2.10. The molecule has 0 saturated heterocycles. The molecule has 0 spiro atoms. The van der Waals surface area contributed by atoms with Crippen molar-refractivity contribution in [3.05, 3.63) is 39.9 Å². The Kier molecular flexibility index (Phi) is 4.45. The summed E-state index contributed by atoms with van der Waals surface area (Å²) in [5.41, 5.74) is 4.66. The van der Waals surface area contributed by atoms with E-state index in [0.29, 0.717) is 5.92 Å². The maximum Gasteiger partial charge on any atom is 0.190 e. The number of hydrogen-bond donors (Lipinski definition) is 1. The van der Waals surface area contributed by atoms with Crippen molar-refractivity contribution in [2.75, 3.05) is 11.9 Å². The van der Waals surface area contributed by atoms with Crippen molar-refractivity contribution >= 4 is 22.2 Å². The lowest BCUT2D eigenvalue weighted by molar-refractivity contribution is 0.283. The van der Waals surface area contributed by atoms with Crippen molar-refractivity contribution in [2.45, 2.75) is 40.2 Å². The van der Waals surface area contributed by atoms with Gasteiger partial charge in [-0.3, -0.25) is 0 Å². The Balaban J connectivity index is 2.40. The fraction of sp³-hybridized carbons (Fsp3) is 0.438. The standard InChI is InChI=1S/C16H22N2OS/c1-10(2)15-14(9-19)20-16(17-15)18(5)13-7-6-11(3)8-12(13)4/h6-8,10,19H,9H2,1-5H3. The van der Waals surface area contributed by atoms with E-state index in [1.807, 2.05) is 7.05 Å². The minimum absolute atomic E-state index is 0.0614. The highest BCUT2D eigenvalue weighted by Gasteiger charge is 2.17. The number of aliphatic hydroxyl groups is 1. The molecule has 1 N–H and O–H groups in total. The molecule has 0 fully saturated rings. The minimum atomic E-state index is 0.0614. The van der Waals surface area contributed by atoms with E-state index in [4.69, 9.17) is 4.98 Å². The van der Waals surface area contributed by atoms with Crippen LogP contribution >= 0.6 is 11.3 Å². The zero-order chi connectivity index (χ0) is 14.9. The van der Waals surface area contributed by atoms with Crippen molar-refractivity contribution in [2.24, 2.45) is 0 Å². The van der Waals surface area contributed by atoms with Gasteiger partial charge < -0.3 is 10.0 Å². The molecule has 2 rings (SSSR count). The van der Waals surface area contributed by atoms with Crippen LogP contribution in [0.1, 0.15) is 41.5 Å². The predicted molar refractivity (Wildman–Crippen MR) is 86.1 cm³/mol. The first-order valence-electron chi connectivity index (χ1n) is 6.85. The fourth-order valence-electron chi connectivity index (χ4n) is 2.34. The quantitative estimate of drug-likeness (QED) is 0.919. The van der Waals surface area contributed by atoms with Crippen molar-refractivity contribution < 1.29 is 5.11 Å². The Bertz CT molecular complexity index is 605. The second-order valence-electron chi connectivity index (χ2n) is 5.47. The Morgan fingerprint density at radius 3 is 2.50 bits per heavy atom. The van der Waals surface area contributed by atoms with Gasteiger partial charge in [-0.05, 0) is 31.4 Å². The number of aryl methyl sites for hydroxylation is 2. The first kappa shape index (κ1) is 15.0. The molecule has 108 valence electrons. The van der Waals surface area contributed by atoms with E-state index in [1.54, 1.807) is 11.3 Å². The van der Waals surface area contributed by atoms with Gasteiger partial charge in [-0.2, -0.15) is 0 Å². The Labute approximate surface area is 124 Å². The minimum Gasteiger partial charge on any atom is -0.391 e. The number of rotatable bonds is 4. The molecule has 0 saturated carbocycles. The second kappa shape index (κ2) is 5.94. The van der Waals surface area contributed by atoms with E-state index in [1.165, 1.54) is 11.1 Å². The summed E-state index contributed by atoms with van der Waals surface area (Å²) in [6.07, 6.45) is 0. The molecule has 1 aromatic heterocycles. The first-order valence-corrected chi connectivity index (χ1v) is 7.67. The lowest BCUT2D eigenvalue weighted by atomic mass is 10.1. The molecule has 20 heavy (non-hydrogen) atoms. The normalized spacial score (nSPS) is 11.2. The van der Waals surface area contributed by atoms with E-state index in [-0.39, 0.29) is 6.61 Å². The van der Waals surface area contributed by atoms with Crippen LogP contribution in [0, 0.1) is 13.8 Å². The van der Waals surface area contributed by atoms with E-state index >= 15 is 0 Å². The maximum atomic E-state index is 9.48. The molecule has 0 bridgehead atoms. The molecule has 0 atom stereocenters. The highest BCUT2D eigenvalue weighted by Crippen LogP contribution is 2.34. The molecule has 2 aromatic rings. The summed E-state index contributed by atoms with van der Waals surface area (Å²) >= 11 is 1.57. The first-order chi connectivity index (χ1) is 9.43. The molecule has 0 aliphatic carbocycles. The van der Waals surface area contributed by atoms with Crippen LogP contribution < -0.4 is 4.90 Å². The van der Waals surface area contributed by atoms with Gasteiger partial charge in [0.15, 0.2) is 5.13 Å². The SMILES string of the molecule is Cc1ccc(N(C)c2nc(C(C)C)c(CO)s2)c(C)c1. The summed E-state index contributed by atoms with van der Waals surface area (Å²) in [5, 5.41) is 10.4. The number of aromatic nitrogens is 1. The molecule has 0 amide bonds. The number of hydrogen-bond acceptors (Lipinski definition) is 4. The van der Waals surface area contributed by atoms with Crippen LogP contribution in [0.3, 0.4) is 0 Å². The van der Waals surface area contributed by atoms with E-state index in [0.717, 1.165) is 21.4 Å². The molecule has 1 aromatic carbocycles. The van der Waals surface area contributed by atoms with Crippen molar-refractivity contribution in [3.63, 3.8) is 0 Å². The van der Waals surface area contributed by atoms with Gasteiger partial charge in [0.1, 0.15) is 0 Å². The Morgan fingerprint density at radius 1 is 1.30 bits per heavy atom. The predicted octanol–water partition coefficient (Wildman–Crippen LogP) is 4.14. The summed E-state index contributed by atoms with van der Waals surface area (Å²) in [5.74, 6) is 0.328. The molecule has 0 radical (unpaired) electrons. The molecule has 0 aliphatic heterocycles. The van der Waals surface area contributed by atoms with Crippen molar-refractivity contribution in [1.82, 2.24) is 4.98 Å². The molecule has 0 aliphatic rings. The van der Waals surface area contributed by atoms with E-state index < -0.39 is 0 Å². The van der Waals surface area contributed by atoms with Gasteiger partial charge >= 0.3 is 0 Å². The second-order valence-corrected chi connectivity index (χ2v) is 6.53. The van der Waals surface area contributed by atoms with E-state index in [9.17, 15) is 5.11 Å². The molecular formula is C16H22N2OS. The highest BCUT2D eigenvalue weighted by atomic mass is 32.1. The topological polar surface area (TPSA) is 36.4 Å². The van der Waals surface area contributed by atoms with Gasteiger partial charge in [-0.15, -0.1) is 0 Å². The van der Waals surface area contributed by atoms with Gasteiger partial charge in [-0.1, -0.05) is 42.9 Å². The van der Waals surface area contributed by atoms with Gasteiger partial charge in [-0.25, -0.2) is 4.98 Å². The highest BCUT2D eigenvalue weighted by molar-refractivity contribution is 7.15. The maximum absolute atomic E-state index is 9.48. The van der Waals surface area contributed by atoms with Gasteiger partial charge in [0.25, 0.3) is 0 Å². The van der Waals surface area contributed by atoms with Gasteiger partial charge in [0.05, 0.1) is 17.2 Å².